The molecule has 16 heavy (non-hydrogen) atoms. The first kappa shape index (κ1) is 10.4. The summed E-state index contributed by atoms with van der Waals surface area (Å²) in [6.07, 6.45) is -0.00364. The number of nitrogens with zero attached hydrogens (tertiary/aromatic N) is 2. The molecule has 0 spiro atoms. The van der Waals surface area contributed by atoms with Crippen LogP contribution in [0.25, 0.3) is 11.4 Å². The standard InChI is InChI=1S/C11H10N2O3/c1-15-10(14)7-9-12-11(13-16-9)8-5-3-2-4-6-8/h2-6H,7H2,1H3. The molecule has 82 valence electrons. The summed E-state index contributed by atoms with van der Waals surface area (Å²) in [5, 5.41) is 3.78. The molecule has 0 amide bonds. The molecule has 0 aliphatic rings. The molecule has 2 rings (SSSR count). The van der Waals surface area contributed by atoms with Gasteiger partial charge in [0, 0.05) is 5.56 Å². The van der Waals surface area contributed by atoms with Crippen LogP contribution in [-0.4, -0.2) is 23.2 Å². The Morgan fingerprint density at radius 2 is 2.12 bits per heavy atom. The fourth-order valence-electron chi connectivity index (χ4n) is 1.23. The van der Waals surface area contributed by atoms with Crippen molar-refractivity contribution < 1.29 is 14.1 Å². The van der Waals surface area contributed by atoms with Crippen molar-refractivity contribution in [2.45, 2.75) is 6.42 Å². The first-order valence-corrected chi connectivity index (χ1v) is 4.74. The van der Waals surface area contributed by atoms with Crippen LogP contribution in [0.15, 0.2) is 34.9 Å². The molecule has 5 nitrogen and oxygen atoms in total. The van der Waals surface area contributed by atoms with E-state index < -0.39 is 5.97 Å². The minimum atomic E-state index is -0.400. The molecule has 0 atom stereocenters. The van der Waals surface area contributed by atoms with Crippen molar-refractivity contribution in [1.29, 1.82) is 0 Å². The Balaban J connectivity index is 2.17. The third-order valence-corrected chi connectivity index (χ3v) is 2.02. The fourth-order valence-corrected chi connectivity index (χ4v) is 1.23. The number of esters is 1. The Bertz CT molecular complexity index is 479. The topological polar surface area (TPSA) is 65.2 Å². The van der Waals surface area contributed by atoms with E-state index in [9.17, 15) is 4.79 Å². The normalized spacial score (nSPS) is 10.1. The van der Waals surface area contributed by atoms with E-state index in [0.717, 1.165) is 5.56 Å². The molecule has 0 bridgehead atoms. The number of benzene rings is 1. The molecule has 0 aliphatic carbocycles. The number of carbonyl (C=O) groups excluding carboxylic acids is 1. The number of hydrogen-bond donors (Lipinski definition) is 0. The Hall–Kier alpha value is -2.17. The van der Waals surface area contributed by atoms with Crippen molar-refractivity contribution >= 4 is 5.97 Å². The minimum Gasteiger partial charge on any atom is -0.469 e. The van der Waals surface area contributed by atoms with E-state index in [1.165, 1.54) is 7.11 Å². The summed E-state index contributed by atoms with van der Waals surface area (Å²) in [6.45, 7) is 0. The lowest BCUT2D eigenvalue weighted by Crippen LogP contribution is -2.04. The van der Waals surface area contributed by atoms with Crippen molar-refractivity contribution in [3.8, 4) is 11.4 Å². The second-order valence-corrected chi connectivity index (χ2v) is 3.13. The second kappa shape index (κ2) is 4.57. The van der Waals surface area contributed by atoms with E-state index in [1.54, 1.807) is 0 Å². The molecule has 0 unspecified atom stereocenters. The lowest BCUT2D eigenvalue weighted by Gasteiger charge is -1.92. The smallest absolute Gasteiger partial charge is 0.315 e. The third-order valence-electron chi connectivity index (χ3n) is 2.02. The zero-order chi connectivity index (χ0) is 11.4. The zero-order valence-corrected chi connectivity index (χ0v) is 8.71. The van der Waals surface area contributed by atoms with Gasteiger partial charge in [-0.25, -0.2) is 0 Å². The van der Waals surface area contributed by atoms with E-state index in [4.69, 9.17) is 4.52 Å². The number of hydrogen-bond acceptors (Lipinski definition) is 5. The van der Waals surface area contributed by atoms with Crippen LogP contribution < -0.4 is 0 Å². The van der Waals surface area contributed by atoms with Crippen LogP contribution in [0.1, 0.15) is 5.89 Å². The van der Waals surface area contributed by atoms with E-state index >= 15 is 0 Å². The maximum atomic E-state index is 11.0. The first-order valence-electron chi connectivity index (χ1n) is 4.74. The average molecular weight is 218 g/mol. The van der Waals surface area contributed by atoms with E-state index in [2.05, 4.69) is 14.9 Å². The number of aromatic nitrogens is 2. The molecule has 0 radical (unpaired) electrons. The largest absolute Gasteiger partial charge is 0.469 e. The predicted molar refractivity (Wildman–Crippen MR) is 55.5 cm³/mol. The Kier molecular flexibility index (Phi) is 2.95. The molecular weight excluding hydrogens is 208 g/mol. The number of ether oxygens (including phenoxy) is 1. The van der Waals surface area contributed by atoms with Gasteiger partial charge in [-0.3, -0.25) is 4.79 Å². The van der Waals surface area contributed by atoms with Gasteiger partial charge in [-0.1, -0.05) is 35.5 Å². The highest BCUT2D eigenvalue weighted by molar-refractivity contribution is 5.71. The van der Waals surface area contributed by atoms with Gasteiger partial charge < -0.3 is 9.26 Å². The van der Waals surface area contributed by atoms with Gasteiger partial charge in [0.2, 0.25) is 11.7 Å². The van der Waals surface area contributed by atoms with Crippen LogP contribution >= 0.6 is 0 Å². The van der Waals surface area contributed by atoms with Crippen LogP contribution in [0, 0.1) is 0 Å². The minimum absolute atomic E-state index is 0.00364. The molecule has 1 aromatic heterocycles. The van der Waals surface area contributed by atoms with Crippen molar-refractivity contribution in [1.82, 2.24) is 10.1 Å². The lowest BCUT2D eigenvalue weighted by atomic mass is 10.2. The van der Waals surface area contributed by atoms with Crippen LogP contribution in [0.3, 0.4) is 0 Å². The van der Waals surface area contributed by atoms with Crippen molar-refractivity contribution in [3.05, 3.63) is 36.2 Å². The molecule has 0 fully saturated rings. The van der Waals surface area contributed by atoms with Gasteiger partial charge in [0.25, 0.3) is 0 Å². The maximum Gasteiger partial charge on any atom is 0.315 e. The second-order valence-electron chi connectivity index (χ2n) is 3.13. The van der Waals surface area contributed by atoms with E-state index in [-0.39, 0.29) is 12.3 Å². The molecular formula is C11H10N2O3. The molecule has 0 saturated heterocycles. The molecule has 5 heteroatoms. The fraction of sp³-hybridized carbons (Fsp3) is 0.182. The Morgan fingerprint density at radius 3 is 2.81 bits per heavy atom. The van der Waals surface area contributed by atoms with Gasteiger partial charge in [-0.2, -0.15) is 4.98 Å². The summed E-state index contributed by atoms with van der Waals surface area (Å²) >= 11 is 0. The number of methoxy groups -OCH3 is 1. The van der Waals surface area contributed by atoms with Gasteiger partial charge in [0.1, 0.15) is 6.42 Å². The Morgan fingerprint density at radius 1 is 1.38 bits per heavy atom. The number of carbonyl (C=O) groups is 1. The highest BCUT2D eigenvalue weighted by Crippen LogP contribution is 2.14. The lowest BCUT2D eigenvalue weighted by molar-refractivity contribution is -0.140. The summed E-state index contributed by atoms with van der Waals surface area (Å²) in [6, 6.07) is 9.40. The summed E-state index contributed by atoms with van der Waals surface area (Å²) in [5.74, 6) is 0.327. The quantitative estimate of drug-likeness (QED) is 0.729. The molecule has 0 saturated carbocycles. The van der Waals surface area contributed by atoms with Gasteiger partial charge in [-0.05, 0) is 0 Å². The van der Waals surface area contributed by atoms with Crippen LogP contribution in [-0.2, 0) is 16.0 Å². The average Bonchev–Trinajstić information content (AvgIpc) is 2.78. The van der Waals surface area contributed by atoms with Gasteiger partial charge >= 0.3 is 5.97 Å². The van der Waals surface area contributed by atoms with Crippen molar-refractivity contribution in [2.24, 2.45) is 0 Å². The maximum absolute atomic E-state index is 11.0. The monoisotopic (exact) mass is 218 g/mol. The van der Waals surface area contributed by atoms with E-state index in [0.29, 0.717) is 5.82 Å². The molecule has 2 aromatic rings. The first-order chi connectivity index (χ1) is 7.79. The highest BCUT2D eigenvalue weighted by atomic mass is 16.5. The summed E-state index contributed by atoms with van der Waals surface area (Å²) in [7, 11) is 1.32. The van der Waals surface area contributed by atoms with Gasteiger partial charge in [-0.15, -0.1) is 0 Å². The molecule has 1 aromatic carbocycles. The van der Waals surface area contributed by atoms with Crippen LogP contribution in [0.2, 0.25) is 0 Å². The van der Waals surface area contributed by atoms with Crippen molar-refractivity contribution in [2.75, 3.05) is 7.11 Å². The third kappa shape index (κ3) is 2.25. The SMILES string of the molecule is COC(=O)Cc1nc(-c2ccccc2)no1. The number of rotatable bonds is 3. The Labute approximate surface area is 92.0 Å². The summed E-state index contributed by atoms with van der Waals surface area (Å²) in [5.41, 5.74) is 0.849. The molecule has 0 aliphatic heterocycles. The highest BCUT2D eigenvalue weighted by Gasteiger charge is 2.11. The molecule has 0 N–H and O–H groups in total. The van der Waals surface area contributed by atoms with E-state index in [1.807, 2.05) is 30.3 Å². The molecule has 1 heterocycles. The van der Waals surface area contributed by atoms with Crippen LogP contribution in [0.4, 0.5) is 0 Å². The van der Waals surface area contributed by atoms with Gasteiger partial charge in [0.15, 0.2) is 0 Å². The van der Waals surface area contributed by atoms with Gasteiger partial charge in [0.05, 0.1) is 7.11 Å². The summed E-state index contributed by atoms with van der Waals surface area (Å²) in [4.78, 5) is 15.1. The summed E-state index contributed by atoms with van der Waals surface area (Å²) < 4.78 is 9.43. The predicted octanol–water partition coefficient (Wildman–Crippen LogP) is 1.45. The van der Waals surface area contributed by atoms with Crippen LogP contribution in [0.5, 0.6) is 0 Å². The zero-order valence-electron chi connectivity index (χ0n) is 8.71. The van der Waals surface area contributed by atoms with Crippen molar-refractivity contribution in [3.63, 3.8) is 0 Å².